The maximum atomic E-state index is 14.0. The summed E-state index contributed by atoms with van der Waals surface area (Å²) in [6.07, 6.45) is 1.77. The smallest absolute Gasteiger partial charge is 0.259 e. The maximum absolute atomic E-state index is 14.0. The Morgan fingerprint density at radius 1 is 0.875 bits per heavy atom. The normalized spacial score (nSPS) is 16.8. The van der Waals surface area contributed by atoms with Gasteiger partial charge in [0.2, 0.25) is 0 Å². The Bertz CT molecular complexity index is 1630. The highest BCUT2D eigenvalue weighted by atomic mass is 32.2. The fraction of sp³-hybridized carbons (Fsp3) is 0.219. The Morgan fingerprint density at radius 3 is 2.42 bits per heavy atom. The molecule has 0 spiro atoms. The summed E-state index contributed by atoms with van der Waals surface area (Å²) in [5.74, 6) is 0.578. The average Bonchev–Trinajstić information content (AvgIpc) is 3.08. The van der Waals surface area contributed by atoms with Crippen LogP contribution in [0.5, 0.6) is 0 Å². The molecule has 2 amide bonds. The van der Waals surface area contributed by atoms with Crippen molar-refractivity contribution in [3.63, 3.8) is 0 Å². The van der Waals surface area contributed by atoms with Crippen molar-refractivity contribution in [2.75, 3.05) is 36.0 Å². The lowest BCUT2D eigenvalue weighted by atomic mass is 10.0. The lowest BCUT2D eigenvalue weighted by Crippen LogP contribution is -2.49. The van der Waals surface area contributed by atoms with Crippen molar-refractivity contribution in [3.8, 4) is 0 Å². The van der Waals surface area contributed by atoms with Gasteiger partial charge in [0.1, 0.15) is 5.82 Å². The van der Waals surface area contributed by atoms with E-state index < -0.39 is 10.8 Å². The molecule has 0 radical (unpaired) electrons. The van der Waals surface area contributed by atoms with E-state index in [2.05, 4.69) is 16.0 Å². The first kappa shape index (κ1) is 26.0. The standard InChI is InChI=1S/C32H30N4O3S/c1-22-10-11-23(2)25(19-22)21-36-27-20-24(12-13-29(27)40(39)28-8-4-3-7-26(28)32(36)38)31(37)35-17-15-34(16-18-35)30-9-5-6-14-33-30/h3-14,19-20H,15-18,21H2,1-2H3/t40-/m1/s1. The van der Waals surface area contributed by atoms with Gasteiger partial charge in [-0.3, -0.25) is 9.59 Å². The third-order valence-corrected chi connectivity index (χ3v) is 9.13. The Kier molecular flexibility index (Phi) is 6.94. The van der Waals surface area contributed by atoms with E-state index in [1.54, 1.807) is 53.6 Å². The Balaban J connectivity index is 1.35. The van der Waals surface area contributed by atoms with Crippen LogP contribution in [0.15, 0.2) is 94.9 Å². The second kappa shape index (κ2) is 10.7. The molecule has 6 rings (SSSR count). The third-order valence-electron chi connectivity index (χ3n) is 7.63. The van der Waals surface area contributed by atoms with Gasteiger partial charge in [-0.2, -0.15) is 0 Å². The van der Waals surface area contributed by atoms with Crippen molar-refractivity contribution in [1.29, 1.82) is 0 Å². The van der Waals surface area contributed by atoms with E-state index in [1.807, 2.05) is 49.1 Å². The van der Waals surface area contributed by atoms with Crippen LogP contribution in [0.25, 0.3) is 0 Å². The first-order valence-corrected chi connectivity index (χ1v) is 14.5. The van der Waals surface area contributed by atoms with E-state index in [-0.39, 0.29) is 11.8 Å². The highest BCUT2D eigenvalue weighted by Gasteiger charge is 2.32. The topological polar surface area (TPSA) is 73.8 Å². The van der Waals surface area contributed by atoms with E-state index in [9.17, 15) is 13.8 Å². The van der Waals surface area contributed by atoms with Crippen LogP contribution in [-0.2, 0) is 17.3 Å². The number of nitrogens with zero attached hydrogens (tertiary/aromatic N) is 4. The van der Waals surface area contributed by atoms with Crippen LogP contribution < -0.4 is 9.80 Å². The van der Waals surface area contributed by atoms with E-state index >= 15 is 0 Å². The molecule has 0 unspecified atom stereocenters. The molecule has 0 saturated carbocycles. The van der Waals surface area contributed by atoms with Crippen molar-refractivity contribution < 1.29 is 13.8 Å². The van der Waals surface area contributed by atoms with Crippen molar-refractivity contribution in [3.05, 3.63) is 113 Å². The number of piperazine rings is 1. The number of benzene rings is 3. The fourth-order valence-electron chi connectivity index (χ4n) is 5.36. The number of hydrogen-bond donors (Lipinski definition) is 0. The number of fused-ring (bicyclic) bond motifs is 2. The number of pyridine rings is 1. The minimum Gasteiger partial charge on any atom is -0.353 e. The molecule has 3 heterocycles. The summed E-state index contributed by atoms with van der Waals surface area (Å²) in [5, 5.41) is 0. The summed E-state index contributed by atoms with van der Waals surface area (Å²) in [4.78, 5) is 38.8. The van der Waals surface area contributed by atoms with Crippen LogP contribution in [0.3, 0.4) is 0 Å². The molecule has 3 aromatic carbocycles. The van der Waals surface area contributed by atoms with E-state index in [4.69, 9.17) is 0 Å². The van der Waals surface area contributed by atoms with Gasteiger partial charge in [0.05, 0.1) is 38.4 Å². The summed E-state index contributed by atoms with van der Waals surface area (Å²) in [6.45, 7) is 6.86. The number of carbonyl (C=O) groups excluding carboxylic acids is 2. The predicted octanol–water partition coefficient (Wildman–Crippen LogP) is 4.99. The van der Waals surface area contributed by atoms with Gasteiger partial charge in [0, 0.05) is 37.9 Å². The van der Waals surface area contributed by atoms with Crippen molar-refractivity contribution in [2.45, 2.75) is 30.2 Å². The highest BCUT2D eigenvalue weighted by Crippen LogP contribution is 2.36. The van der Waals surface area contributed by atoms with Gasteiger partial charge in [-0.1, -0.05) is 42.0 Å². The summed E-state index contributed by atoms with van der Waals surface area (Å²) in [7, 11) is -1.57. The lowest BCUT2D eigenvalue weighted by Gasteiger charge is -2.35. The minimum absolute atomic E-state index is 0.102. The third kappa shape index (κ3) is 4.79. The zero-order valence-corrected chi connectivity index (χ0v) is 23.4. The second-order valence-corrected chi connectivity index (χ2v) is 11.7. The first-order chi connectivity index (χ1) is 19.4. The van der Waals surface area contributed by atoms with Crippen molar-refractivity contribution >= 4 is 34.1 Å². The zero-order valence-electron chi connectivity index (χ0n) is 22.5. The van der Waals surface area contributed by atoms with Gasteiger partial charge in [-0.15, -0.1) is 0 Å². The van der Waals surface area contributed by atoms with Crippen LogP contribution in [0.1, 0.15) is 37.4 Å². The molecule has 8 heteroatoms. The van der Waals surface area contributed by atoms with Crippen LogP contribution >= 0.6 is 0 Å². The van der Waals surface area contributed by atoms with Crippen molar-refractivity contribution in [1.82, 2.24) is 9.88 Å². The maximum Gasteiger partial charge on any atom is 0.259 e. The Labute approximate surface area is 236 Å². The number of carbonyl (C=O) groups is 2. The SMILES string of the molecule is Cc1ccc(C)c(CN2C(=O)c3ccccc3[S@@](=O)c3ccc(C(=O)N4CCN(c5ccccn5)CC4)cc32)c1. The zero-order chi connectivity index (χ0) is 27.8. The number of aromatic nitrogens is 1. The Morgan fingerprint density at radius 2 is 1.65 bits per heavy atom. The molecule has 1 atom stereocenters. The largest absolute Gasteiger partial charge is 0.353 e. The quantitative estimate of drug-likeness (QED) is 0.358. The molecule has 0 aliphatic carbocycles. The van der Waals surface area contributed by atoms with Crippen LogP contribution in [0.2, 0.25) is 0 Å². The molecule has 202 valence electrons. The average molecular weight is 551 g/mol. The van der Waals surface area contributed by atoms with E-state index in [1.165, 1.54) is 0 Å². The molecular weight excluding hydrogens is 520 g/mol. The summed E-state index contributed by atoms with van der Waals surface area (Å²) >= 11 is 0. The van der Waals surface area contributed by atoms with Gasteiger partial charge < -0.3 is 14.7 Å². The minimum atomic E-state index is -1.57. The molecule has 7 nitrogen and oxygen atoms in total. The van der Waals surface area contributed by atoms with E-state index in [0.29, 0.717) is 59.3 Å². The number of rotatable bonds is 4. The second-order valence-electron chi connectivity index (χ2n) is 10.2. The number of hydrogen-bond acceptors (Lipinski definition) is 5. The van der Waals surface area contributed by atoms with Crippen LogP contribution in [0.4, 0.5) is 11.5 Å². The molecule has 4 aromatic rings. The molecule has 1 saturated heterocycles. The molecule has 0 N–H and O–H groups in total. The highest BCUT2D eigenvalue weighted by molar-refractivity contribution is 7.85. The molecule has 1 aromatic heterocycles. The van der Waals surface area contributed by atoms with E-state index in [0.717, 1.165) is 22.5 Å². The van der Waals surface area contributed by atoms with Gasteiger partial charge in [0.15, 0.2) is 0 Å². The van der Waals surface area contributed by atoms with Crippen molar-refractivity contribution in [2.24, 2.45) is 0 Å². The number of amides is 2. The lowest BCUT2D eigenvalue weighted by molar-refractivity contribution is 0.0746. The fourth-order valence-corrected chi connectivity index (χ4v) is 6.70. The molecular formula is C32H30N4O3S. The summed E-state index contributed by atoms with van der Waals surface area (Å²) in [6, 6.07) is 24.3. The molecule has 2 aliphatic heterocycles. The number of aryl methyl sites for hydroxylation is 2. The van der Waals surface area contributed by atoms with Crippen LogP contribution in [-0.4, -0.2) is 52.1 Å². The monoisotopic (exact) mass is 550 g/mol. The van der Waals surface area contributed by atoms with Gasteiger partial charge in [-0.05, 0) is 67.4 Å². The number of anilines is 2. The van der Waals surface area contributed by atoms with Gasteiger partial charge in [0.25, 0.3) is 11.8 Å². The summed E-state index contributed by atoms with van der Waals surface area (Å²) < 4.78 is 13.8. The first-order valence-electron chi connectivity index (χ1n) is 13.4. The molecule has 1 fully saturated rings. The Hall–Kier alpha value is -4.30. The predicted molar refractivity (Wildman–Crippen MR) is 156 cm³/mol. The van der Waals surface area contributed by atoms with Gasteiger partial charge in [-0.25, -0.2) is 9.19 Å². The molecule has 40 heavy (non-hydrogen) atoms. The molecule has 2 aliphatic rings. The van der Waals surface area contributed by atoms with Gasteiger partial charge >= 0.3 is 0 Å². The molecule has 0 bridgehead atoms. The summed E-state index contributed by atoms with van der Waals surface area (Å²) in [5.41, 5.74) is 4.58. The van der Waals surface area contributed by atoms with Crippen LogP contribution in [0, 0.1) is 13.8 Å².